The van der Waals surface area contributed by atoms with Gasteiger partial charge in [-0.2, -0.15) is 5.26 Å². The molecule has 17 heavy (non-hydrogen) atoms. The Morgan fingerprint density at radius 1 is 1.47 bits per heavy atom. The Morgan fingerprint density at radius 3 is 2.88 bits per heavy atom. The van der Waals surface area contributed by atoms with E-state index in [2.05, 4.69) is 5.32 Å². The molecule has 1 saturated carbocycles. The van der Waals surface area contributed by atoms with Gasteiger partial charge in [-0.15, -0.1) is 0 Å². The van der Waals surface area contributed by atoms with Crippen LogP contribution in [0, 0.1) is 17.2 Å². The van der Waals surface area contributed by atoms with E-state index in [1.807, 2.05) is 12.1 Å². The third-order valence-corrected chi connectivity index (χ3v) is 3.59. The van der Waals surface area contributed by atoms with E-state index in [1.165, 1.54) is 0 Å². The van der Waals surface area contributed by atoms with Crippen molar-refractivity contribution in [1.29, 1.82) is 5.26 Å². The molecule has 0 spiro atoms. The average Bonchev–Trinajstić information content (AvgIpc) is 2.72. The Hall–Kier alpha value is -1.24. The molecule has 1 aliphatic rings. The molecule has 0 amide bonds. The van der Waals surface area contributed by atoms with Gasteiger partial charge in [0.25, 0.3) is 0 Å². The van der Waals surface area contributed by atoms with Crippen LogP contribution < -0.4 is 5.32 Å². The minimum atomic E-state index is -0.184. The maximum absolute atomic E-state index is 9.69. The number of aliphatic hydroxyl groups is 1. The van der Waals surface area contributed by atoms with E-state index in [-0.39, 0.29) is 6.10 Å². The average molecular weight is 251 g/mol. The van der Waals surface area contributed by atoms with Crippen molar-refractivity contribution in [3.05, 3.63) is 28.8 Å². The first kappa shape index (κ1) is 12.2. The molecule has 2 N–H and O–H groups in total. The van der Waals surface area contributed by atoms with Crippen LogP contribution in [-0.4, -0.2) is 17.8 Å². The van der Waals surface area contributed by atoms with Gasteiger partial charge in [-0.25, -0.2) is 0 Å². The minimum absolute atomic E-state index is 0.184. The monoisotopic (exact) mass is 250 g/mol. The number of halogens is 1. The quantitative estimate of drug-likeness (QED) is 0.867. The first-order valence-corrected chi connectivity index (χ1v) is 6.20. The Labute approximate surface area is 106 Å². The highest BCUT2D eigenvalue weighted by molar-refractivity contribution is 6.32. The van der Waals surface area contributed by atoms with Crippen molar-refractivity contribution in [2.24, 2.45) is 5.92 Å². The van der Waals surface area contributed by atoms with Crippen LogP contribution in [0.1, 0.15) is 24.8 Å². The fourth-order valence-electron chi connectivity index (χ4n) is 2.22. The summed E-state index contributed by atoms with van der Waals surface area (Å²) in [6, 6.07) is 7.32. The summed E-state index contributed by atoms with van der Waals surface area (Å²) in [5.74, 6) is 0.324. The first-order valence-electron chi connectivity index (χ1n) is 5.82. The lowest BCUT2D eigenvalue weighted by molar-refractivity contribution is 0.138. The van der Waals surface area contributed by atoms with E-state index >= 15 is 0 Å². The van der Waals surface area contributed by atoms with E-state index in [4.69, 9.17) is 16.9 Å². The second-order valence-electron chi connectivity index (χ2n) is 4.45. The van der Waals surface area contributed by atoms with Gasteiger partial charge in [-0.05, 0) is 31.0 Å². The third kappa shape index (κ3) is 2.91. The van der Waals surface area contributed by atoms with Gasteiger partial charge in [0.1, 0.15) is 6.07 Å². The zero-order valence-electron chi connectivity index (χ0n) is 9.49. The van der Waals surface area contributed by atoms with Crippen molar-refractivity contribution >= 4 is 17.3 Å². The fraction of sp³-hybridized carbons (Fsp3) is 0.462. The number of nitriles is 1. The zero-order valence-corrected chi connectivity index (χ0v) is 10.2. The lowest BCUT2D eigenvalue weighted by atomic mass is 10.1. The van der Waals surface area contributed by atoms with Crippen LogP contribution in [0.5, 0.6) is 0 Å². The molecular weight excluding hydrogens is 236 g/mol. The summed E-state index contributed by atoms with van der Waals surface area (Å²) in [6.07, 6.45) is 2.89. The second-order valence-corrected chi connectivity index (χ2v) is 4.85. The van der Waals surface area contributed by atoms with Crippen LogP contribution in [0.3, 0.4) is 0 Å². The molecule has 1 aliphatic carbocycles. The van der Waals surface area contributed by atoms with Gasteiger partial charge in [0.15, 0.2) is 0 Å². The summed E-state index contributed by atoms with van der Waals surface area (Å²) >= 11 is 5.94. The topological polar surface area (TPSA) is 56.0 Å². The van der Waals surface area contributed by atoms with Crippen LogP contribution >= 0.6 is 11.6 Å². The van der Waals surface area contributed by atoms with Crippen LogP contribution in [-0.2, 0) is 0 Å². The van der Waals surface area contributed by atoms with E-state index in [0.29, 0.717) is 16.5 Å². The van der Waals surface area contributed by atoms with Crippen LogP contribution in [0.2, 0.25) is 5.02 Å². The van der Waals surface area contributed by atoms with Crippen molar-refractivity contribution in [1.82, 2.24) is 0 Å². The van der Waals surface area contributed by atoms with Crippen molar-refractivity contribution < 1.29 is 5.11 Å². The van der Waals surface area contributed by atoms with Gasteiger partial charge < -0.3 is 10.4 Å². The normalized spacial score (nSPS) is 23.4. The van der Waals surface area contributed by atoms with Crippen LogP contribution in [0.15, 0.2) is 18.2 Å². The Balaban J connectivity index is 1.95. The summed E-state index contributed by atoms with van der Waals surface area (Å²) in [5.41, 5.74) is 1.38. The fourth-order valence-corrected chi connectivity index (χ4v) is 2.44. The van der Waals surface area contributed by atoms with Crippen molar-refractivity contribution in [2.45, 2.75) is 25.4 Å². The van der Waals surface area contributed by atoms with Gasteiger partial charge in [-0.3, -0.25) is 0 Å². The summed E-state index contributed by atoms with van der Waals surface area (Å²) in [5, 5.41) is 22.2. The first-order chi connectivity index (χ1) is 8.20. The molecule has 0 unspecified atom stereocenters. The Kier molecular flexibility index (Phi) is 3.88. The SMILES string of the molecule is N#Cc1ccc(NC[C@H]2CCC[C@H]2O)cc1Cl. The summed E-state index contributed by atoms with van der Waals surface area (Å²) < 4.78 is 0. The molecule has 0 heterocycles. The summed E-state index contributed by atoms with van der Waals surface area (Å²) in [6.45, 7) is 0.753. The number of hydrogen-bond donors (Lipinski definition) is 2. The molecule has 1 fully saturated rings. The highest BCUT2D eigenvalue weighted by atomic mass is 35.5. The predicted octanol–water partition coefficient (Wildman–Crippen LogP) is 2.78. The van der Waals surface area contributed by atoms with Gasteiger partial charge in [0.2, 0.25) is 0 Å². The third-order valence-electron chi connectivity index (χ3n) is 3.28. The van der Waals surface area contributed by atoms with Gasteiger partial charge in [0.05, 0.1) is 16.7 Å². The molecule has 0 aliphatic heterocycles. The number of nitrogens with one attached hydrogen (secondary N) is 1. The van der Waals surface area contributed by atoms with Gasteiger partial charge >= 0.3 is 0 Å². The van der Waals surface area contributed by atoms with E-state index in [0.717, 1.165) is 31.5 Å². The molecule has 0 radical (unpaired) electrons. The molecule has 1 aromatic rings. The number of hydrogen-bond acceptors (Lipinski definition) is 3. The lowest BCUT2D eigenvalue weighted by Crippen LogP contribution is -2.21. The number of anilines is 1. The van der Waals surface area contributed by atoms with Crippen molar-refractivity contribution in [2.75, 3.05) is 11.9 Å². The van der Waals surface area contributed by atoms with Crippen LogP contribution in [0.25, 0.3) is 0 Å². The van der Waals surface area contributed by atoms with Gasteiger partial charge in [0, 0.05) is 18.2 Å². The van der Waals surface area contributed by atoms with Gasteiger partial charge in [-0.1, -0.05) is 18.0 Å². The molecule has 2 rings (SSSR count). The van der Waals surface area contributed by atoms with Crippen LogP contribution in [0.4, 0.5) is 5.69 Å². The van der Waals surface area contributed by atoms with Crippen molar-refractivity contribution in [3.63, 3.8) is 0 Å². The second kappa shape index (κ2) is 5.39. The smallest absolute Gasteiger partial charge is 0.101 e. The maximum Gasteiger partial charge on any atom is 0.101 e. The molecule has 0 bridgehead atoms. The summed E-state index contributed by atoms with van der Waals surface area (Å²) in [7, 11) is 0. The molecular formula is C13H15ClN2O. The standard InChI is InChI=1S/C13H15ClN2O/c14-12-6-11(5-4-9(12)7-15)16-8-10-2-1-3-13(10)17/h4-6,10,13,16-17H,1-3,8H2/t10-,13-/m1/s1. The zero-order chi connectivity index (χ0) is 12.3. The Morgan fingerprint density at radius 2 is 2.29 bits per heavy atom. The molecule has 90 valence electrons. The van der Waals surface area contributed by atoms with Crippen molar-refractivity contribution in [3.8, 4) is 6.07 Å². The largest absolute Gasteiger partial charge is 0.393 e. The number of nitrogens with zero attached hydrogens (tertiary/aromatic N) is 1. The predicted molar refractivity (Wildman–Crippen MR) is 68.0 cm³/mol. The summed E-state index contributed by atoms with van der Waals surface area (Å²) in [4.78, 5) is 0. The maximum atomic E-state index is 9.69. The van der Waals surface area contributed by atoms with E-state index in [9.17, 15) is 5.11 Å². The number of aliphatic hydroxyl groups excluding tert-OH is 1. The molecule has 1 aromatic carbocycles. The number of benzene rings is 1. The van der Waals surface area contributed by atoms with E-state index < -0.39 is 0 Å². The lowest BCUT2D eigenvalue weighted by Gasteiger charge is -2.16. The highest BCUT2D eigenvalue weighted by Gasteiger charge is 2.24. The number of rotatable bonds is 3. The van der Waals surface area contributed by atoms with E-state index in [1.54, 1.807) is 12.1 Å². The molecule has 0 saturated heterocycles. The molecule has 0 aromatic heterocycles. The highest BCUT2D eigenvalue weighted by Crippen LogP contribution is 2.26. The molecule has 4 heteroatoms. The minimum Gasteiger partial charge on any atom is -0.393 e. The molecule has 3 nitrogen and oxygen atoms in total. The Bertz CT molecular complexity index is 442. The molecule has 2 atom stereocenters.